The average molecular weight is 352 g/mol. The summed E-state index contributed by atoms with van der Waals surface area (Å²) in [5.74, 6) is -0.522. The number of carbonyl (C=O) groups is 3. The maximum Gasteiger partial charge on any atom is 0.338 e. The maximum atomic E-state index is 12.1. The first-order valence-electron chi connectivity index (χ1n) is 7.89. The topological polar surface area (TPSA) is 94.2 Å². The Morgan fingerprint density at radius 1 is 1.04 bits per heavy atom. The minimum atomic E-state index is -0.681. The van der Waals surface area contributed by atoms with E-state index in [1.807, 2.05) is 0 Å². The van der Waals surface area contributed by atoms with Gasteiger partial charge in [0.2, 0.25) is 5.91 Å². The third kappa shape index (κ3) is 6.33. The molecule has 8 nitrogen and oxygen atoms in total. The zero-order valence-electron chi connectivity index (χ0n) is 15.0. The Morgan fingerprint density at radius 2 is 1.64 bits per heavy atom. The van der Waals surface area contributed by atoms with Gasteiger partial charge in [0.25, 0.3) is 5.91 Å². The van der Waals surface area contributed by atoms with Gasteiger partial charge in [0.05, 0.1) is 26.3 Å². The van der Waals surface area contributed by atoms with E-state index in [4.69, 9.17) is 14.2 Å². The largest absolute Gasteiger partial charge is 0.497 e. The predicted octanol–water partition coefficient (Wildman–Crippen LogP) is 0.845. The van der Waals surface area contributed by atoms with Gasteiger partial charge < -0.3 is 24.4 Å². The number of rotatable bonds is 9. The molecule has 0 radical (unpaired) electrons. The Bertz CT molecular complexity index is 595. The lowest BCUT2D eigenvalue weighted by Crippen LogP contribution is -2.42. The number of benzene rings is 1. The highest BCUT2D eigenvalue weighted by Gasteiger charge is 2.18. The molecule has 138 valence electrons. The van der Waals surface area contributed by atoms with Gasteiger partial charge in [-0.1, -0.05) is 0 Å². The third-order valence-electron chi connectivity index (χ3n) is 3.36. The molecule has 8 heteroatoms. The lowest BCUT2D eigenvalue weighted by Gasteiger charge is -2.20. The van der Waals surface area contributed by atoms with Crippen molar-refractivity contribution in [1.82, 2.24) is 10.2 Å². The molecule has 0 aliphatic rings. The molecule has 25 heavy (non-hydrogen) atoms. The SMILES string of the molecule is CCNC(=O)CN(CC)C(=O)COC(=O)c1cc(OC)cc(OC)c1. The van der Waals surface area contributed by atoms with Crippen LogP contribution in [0.2, 0.25) is 0 Å². The van der Waals surface area contributed by atoms with E-state index in [2.05, 4.69) is 5.32 Å². The molecule has 0 fully saturated rings. The molecule has 0 aliphatic heterocycles. The molecule has 1 N–H and O–H groups in total. The monoisotopic (exact) mass is 352 g/mol. The molecule has 0 aromatic heterocycles. The Hall–Kier alpha value is -2.77. The molecule has 0 aliphatic carbocycles. The Kier molecular flexibility index (Phi) is 8.25. The molecule has 0 saturated heterocycles. The van der Waals surface area contributed by atoms with E-state index in [0.29, 0.717) is 24.6 Å². The molecule has 2 amide bonds. The summed E-state index contributed by atoms with van der Waals surface area (Å²) in [5.41, 5.74) is 0.204. The number of amides is 2. The molecule has 0 atom stereocenters. The average Bonchev–Trinajstić information content (AvgIpc) is 2.63. The van der Waals surface area contributed by atoms with Crippen LogP contribution in [0.1, 0.15) is 24.2 Å². The molecule has 1 aromatic rings. The maximum absolute atomic E-state index is 12.1. The number of nitrogens with zero attached hydrogens (tertiary/aromatic N) is 1. The summed E-state index contributed by atoms with van der Waals surface area (Å²) in [4.78, 5) is 37.1. The lowest BCUT2D eigenvalue weighted by molar-refractivity contribution is -0.138. The van der Waals surface area contributed by atoms with Crippen molar-refractivity contribution >= 4 is 17.8 Å². The number of likely N-dealkylation sites (N-methyl/N-ethyl adjacent to an activating group) is 2. The standard InChI is InChI=1S/C17H24N2O6/c1-5-18-15(20)10-19(6-2)16(21)11-25-17(22)12-7-13(23-3)9-14(8-12)24-4/h7-9H,5-6,10-11H2,1-4H3,(H,18,20). The van der Waals surface area contributed by atoms with Crippen molar-refractivity contribution in [2.24, 2.45) is 0 Å². The number of ether oxygens (including phenoxy) is 3. The fourth-order valence-electron chi connectivity index (χ4n) is 2.03. The third-order valence-corrected chi connectivity index (χ3v) is 3.36. The van der Waals surface area contributed by atoms with E-state index in [9.17, 15) is 14.4 Å². The second-order valence-electron chi connectivity index (χ2n) is 5.04. The number of esters is 1. The van der Waals surface area contributed by atoms with Gasteiger partial charge in [0.15, 0.2) is 6.61 Å². The van der Waals surface area contributed by atoms with Crippen molar-refractivity contribution in [3.05, 3.63) is 23.8 Å². The number of hydrogen-bond donors (Lipinski definition) is 1. The van der Waals surface area contributed by atoms with Crippen molar-refractivity contribution in [3.63, 3.8) is 0 Å². The fraction of sp³-hybridized carbons (Fsp3) is 0.471. The van der Waals surface area contributed by atoms with Crippen LogP contribution < -0.4 is 14.8 Å². The first-order valence-corrected chi connectivity index (χ1v) is 7.89. The van der Waals surface area contributed by atoms with Crippen LogP contribution in [0.15, 0.2) is 18.2 Å². The van der Waals surface area contributed by atoms with Gasteiger partial charge >= 0.3 is 5.97 Å². The second-order valence-corrected chi connectivity index (χ2v) is 5.04. The number of hydrogen-bond acceptors (Lipinski definition) is 6. The Morgan fingerprint density at radius 3 is 2.12 bits per heavy atom. The minimum absolute atomic E-state index is 0.0757. The zero-order valence-corrected chi connectivity index (χ0v) is 15.0. The van der Waals surface area contributed by atoms with Crippen LogP contribution in [0.25, 0.3) is 0 Å². The van der Waals surface area contributed by atoms with Gasteiger partial charge in [-0.15, -0.1) is 0 Å². The molecule has 1 aromatic carbocycles. The van der Waals surface area contributed by atoms with Crippen molar-refractivity contribution in [2.75, 3.05) is 40.5 Å². The number of nitrogens with one attached hydrogen (secondary N) is 1. The highest BCUT2D eigenvalue weighted by molar-refractivity contribution is 5.92. The van der Waals surface area contributed by atoms with Gasteiger partial charge in [0, 0.05) is 19.2 Å². The van der Waals surface area contributed by atoms with Crippen LogP contribution in [0.3, 0.4) is 0 Å². The molecule has 0 heterocycles. The Balaban J connectivity index is 2.68. The highest BCUT2D eigenvalue weighted by atomic mass is 16.5. The first-order chi connectivity index (χ1) is 11.9. The van der Waals surface area contributed by atoms with E-state index < -0.39 is 18.5 Å². The van der Waals surface area contributed by atoms with Crippen molar-refractivity contribution in [1.29, 1.82) is 0 Å². The second kappa shape index (κ2) is 10.2. The lowest BCUT2D eigenvalue weighted by atomic mass is 10.2. The normalized spacial score (nSPS) is 9.92. The molecule has 1 rings (SSSR count). The minimum Gasteiger partial charge on any atom is -0.497 e. The quantitative estimate of drug-likeness (QED) is 0.662. The van der Waals surface area contributed by atoms with Gasteiger partial charge in [-0.05, 0) is 26.0 Å². The summed E-state index contributed by atoms with van der Waals surface area (Å²) in [6.07, 6.45) is 0. The summed E-state index contributed by atoms with van der Waals surface area (Å²) in [6.45, 7) is 3.82. The Labute approximate surface area is 147 Å². The van der Waals surface area contributed by atoms with Crippen LogP contribution in [-0.4, -0.2) is 63.1 Å². The summed E-state index contributed by atoms with van der Waals surface area (Å²) in [7, 11) is 2.93. The van der Waals surface area contributed by atoms with E-state index >= 15 is 0 Å². The highest BCUT2D eigenvalue weighted by Crippen LogP contribution is 2.22. The number of methoxy groups -OCH3 is 2. The van der Waals surface area contributed by atoms with Crippen molar-refractivity contribution in [3.8, 4) is 11.5 Å². The predicted molar refractivity (Wildman–Crippen MR) is 90.8 cm³/mol. The van der Waals surface area contributed by atoms with Crippen LogP contribution in [0.4, 0.5) is 0 Å². The van der Waals surface area contributed by atoms with E-state index in [0.717, 1.165) is 0 Å². The van der Waals surface area contributed by atoms with Crippen LogP contribution in [0.5, 0.6) is 11.5 Å². The van der Waals surface area contributed by atoms with E-state index in [-0.39, 0.29) is 18.0 Å². The van der Waals surface area contributed by atoms with Gasteiger partial charge in [-0.25, -0.2) is 4.79 Å². The van der Waals surface area contributed by atoms with Crippen LogP contribution in [0, 0.1) is 0 Å². The number of carbonyl (C=O) groups excluding carboxylic acids is 3. The van der Waals surface area contributed by atoms with Gasteiger partial charge in [-0.3, -0.25) is 9.59 Å². The fourth-order valence-corrected chi connectivity index (χ4v) is 2.03. The van der Waals surface area contributed by atoms with E-state index in [1.165, 1.54) is 31.3 Å². The summed E-state index contributed by atoms with van der Waals surface area (Å²) in [6, 6.07) is 4.59. The summed E-state index contributed by atoms with van der Waals surface area (Å²) < 4.78 is 15.2. The molecule has 0 saturated carbocycles. The smallest absolute Gasteiger partial charge is 0.338 e. The van der Waals surface area contributed by atoms with Crippen LogP contribution in [-0.2, 0) is 14.3 Å². The van der Waals surface area contributed by atoms with Crippen molar-refractivity contribution in [2.45, 2.75) is 13.8 Å². The van der Waals surface area contributed by atoms with E-state index in [1.54, 1.807) is 19.9 Å². The van der Waals surface area contributed by atoms with Crippen LogP contribution >= 0.6 is 0 Å². The molecular weight excluding hydrogens is 328 g/mol. The molecule has 0 spiro atoms. The molecular formula is C17H24N2O6. The molecule has 0 bridgehead atoms. The summed E-state index contributed by atoms with van der Waals surface area (Å²) >= 11 is 0. The summed E-state index contributed by atoms with van der Waals surface area (Å²) in [5, 5.41) is 2.61. The first kappa shape index (κ1) is 20.3. The van der Waals surface area contributed by atoms with Gasteiger partial charge in [0.1, 0.15) is 11.5 Å². The van der Waals surface area contributed by atoms with Gasteiger partial charge in [-0.2, -0.15) is 0 Å². The van der Waals surface area contributed by atoms with Crippen molar-refractivity contribution < 1.29 is 28.6 Å². The zero-order chi connectivity index (χ0) is 18.8. The molecule has 0 unspecified atom stereocenters.